The van der Waals surface area contributed by atoms with Gasteiger partial charge in [-0.1, -0.05) is 0 Å². The number of hydrogen-bond donors (Lipinski definition) is 3. The first kappa shape index (κ1) is 12.0. The molecule has 100 valence electrons. The molecule has 0 radical (unpaired) electrons. The number of rotatable bonds is 3. The van der Waals surface area contributed by atoms with E-state index in [0.29, 0.717) is 17.0 Å². The fourth-order valence-electron chi connectivity index (χ4n) is 2.01. The highest BCUT2D eigenvalue weighted by Gasteiger charge is 2.43. The summed E-state index contributed by atoms with van der Waals surface area (Å²) in [6, 6.07) is 4.87. The van der Waals surface area contributed by atoms with Crippen LogP contribution < -0.4 is 15.4 Å². The van der Waals surface area contributed by atoms with Gasteiger partial charge in [-0.25, -0.2) is 0 Å². The summed E-state index contributed by atoms with van der Waals surface area (Å²) in [5.41, 5.74) is 0.481. The molecule has 0 spiro atoms. The molecule has 6 nitrogen and oxygen atoms in total. The Morgan fingerprint density at radius 3 is 2.95 bits per heavy atom. The fourth-order valence-corrected chi connectivity index (χ4v) is 2.01. The van der Waals surface area contributed by atoms with Crippen LogP contribution in [0.2, 0.25) is 0 Å². The van der Waals surface area contributed by atoms with Crippen molar-refractivity contribution in [1.82, 2.24) is 5.32 Å². The first-order valence-corrected chi connectivity index (χ1v) is 6.12. The quantitative estimate of drug-likeness (QED) is 0.729. The van der Waals surface area contributed by atoms with Crippen molar-refractivity contribution in [2.24, 2.45) is 0 Å². The Bertz CT molecular complexity index is 552. The van der Waals surface area contributed by atoms with E-state index in [0.717, 1.165) is 12.8 Å². The molecule has 2 amide bonds. The predicted molar refractivity (Wildman–Crippen MR) is 67.1 cm³/mol. The lowest BCUT2D eigenvalue weighted by atomic mass is 10.1. The third-order valence-electron chi connectivity index (χ3n) is 3.41. The standard InChI is InChI=1S/C13H14N2O4/c16-7-13(3-4-13)15-12(18)8-1-2-10-9(5-8)14-11(17)6-19-10/h1-2,5,16H,3-4,6-7H2,(H,14,17)(H,15,18). The molecule has 1 aromatic carbocycles. The fraction of sp³-hybridized carbons (Fsp3) is 0.385. The molecular formula is C13H14N2O4. The third-order valence-corrected chi connectivity index (χ3v) is 3.41. The molecule has 1 heterocycles. The van der Waals surface area contributed by atoms with Crippen molar-refractivity contribution in [3.8, 4) is 5.75 Å². The smallest absolute Gasteiger partial charge is 0.262 e. The minimum Gasteiger partial charge on any atom is -0.482 e. The molecule has 3 rings (SSSR count). The third kappa shape index (κ3) is 2.26. The Labute approximate surface area is 109 Å². The van der Waals surface area contributed by atoms with Gasteiger partial charge in [-0.05, 0) is 31.0 Å². The Balaban J connectivity index is 1.80. The number of carbonyl (C=O) groups excluding carboxylic acids is 2. The topological polar surface area (TPSA) is 87.7 Å². The number of carbonyl (C=O) groups is 2. The maximum atomic E-state index is 12.1. The van der Waals surface area contributed by atoms with Gasteiger partial charge in [0.1, 0.15) is 5.75 Å². The Morgan fingerprint density at radius 1 is 1.47 bits per heavy atom. The van der Waals surface area contributed by atoms with Crippen molar-refractivity contribution in [3.63, 3.8) is 0 Å². The lowest BCUT2D eigenvalue weighted by Gasteiger charge is -2.19. The zero-order chi connectivity index (χ0) is 13.5. The molecule has 1 fully saturated rings. The van der Waals surface area contributed by atoms with Crippen molar-refractivity contribution < 1.29 is 19.4 Å². The van der Waals surface area contributed by atoms with Gasteiger partial charge in [-0.2, -0.15) is 0 Å². The first-order chi connectivity index (χ1) is 9.12. The summed E-state index contributed by atoms with van der Waals surface area (Å²) in [6.45, 7) is -0.0598. The molecule has 0 atom stereocenters. The minimum atomic E-state index is -0.452. The lowest BCUT2D eigenvalue weighted by molar-refractivity contribution is -0.118. The van der Waals surface area contributed by atoms with Crippen LogP contribution in [-0.2, 0) is 4.79 Å². The molecule has 1 saturated carbocycles. The number of ether oxygens (including phenoxy) is 1. The van der Waals surface area contributed by atoms with Gasteiger partial charge in [-0.3, -0.25) is 9.59 Å². The molecule has 1 aliphatic heterocycles. The van der Waals surface area contributed by atoms with Crippen molar-refractivity contribution in [3.05, 3.63) is 23.8 Å². The molecule has 2 aliphatic rings. The van der Waals surface area contributed by atoms with E-state index in [9.17, 15) is 14.7 Å². The van der Waals surface area contributed by atoms with Gasteiger partial charge in [0, 0.05) is 5.56 Å². The second kappa shape index (κ2) is 4.24. The largest absolute Gasteiger partial charge is 0.482 e. The van der Waals surface area contributed by atoms with E-state index in [1.165, 1.54) is 0 Å². The molecule has 1 aliphatic carbocycles. The normalized spacial score (nSPS) is 18.9. The van der Waals surface area contributed by atoms with E-state index in [2.05, 4.69) is 10.6 Å². The lowest BCUT2D eigenvalue weighted by Crippen LogP contribution is -2.39. The van der Waals surface area contributed by atoms with Crippen LogP contribution in [0.3, 0.4) is 0 Å². The van der Waals surface area contributed by atoms with Gasteiger partial charge < -0.3 is 20.5 Å². The summed E-state index contributed by atoms with van der Waals surface area (Å²) in [5, 5.41) is 14.7. The highest BCUT2D eigenvalue weighted by molar-refractivity contribution is 6.00. The predicted octanol–water partition coefficient (Wildman–Crippen LogP) is 0.272. The maximum absolute atomic E-state index is 12.1. The van der Waals surface area contributed by atoms with Gasteiger partial charge in [0.2, 0.25) is 0 Å². The second-order valence-corrected chi connectivity index (χ2v) is 4.94. The van der Waals surface area contributed by atoms with Crippen LogP contribution in [0.1, 0.15) is 23.2 Å². The molecule has 6 heteroatoms. The summed E-state index contributed by atoms with van der Waals surface area (Å²) in [5.74, 6) is 0.0627. The molecule has 0 saturated heterocycles. The highest BCUT2D eigenvalue weighted by atomic mass is 16.5. The van der Waals surface area contributed by atoms with Crippen LogP contribution in [0, 0.1) is 0 Å². The van der Waals surface area contributed by atoms with Gasteiger partial charge in [0.05, 0.1) is 17.8 Å². The summed E-state index contributed by atoms with van der Waals surface area (Å²) >= 11 is 0. The molecule has 3 N–H and O–H groups in total. The van der Waals surface area contributed by atoms with Gasteiger partial charge >= 0.3 is 0 Å². The van der Waals surface area contributed by atoms with Crippen LogP contribution in [0.4, 0.5) is 5.69 Å². The summed E-state index contributed by atoms with van der Waals surface area (Å²) in [6.07, 6.45) is 1.58. The van der Waals surface area contributed by atoms with E-state index in [1.54, 1.807) is 18.2 Å². The van der Waals surface area contributed by atoms with Gasteiger partial charge in [-0.15, -0.1) is 0 Å². The number of benzene rings is 1. The van der Waals surface area contributed by atoms with E-state index in [1.807, 2.05) is 0 Å². The number of nitrogens with one attached hydrogen (secondary N) is 2. The number of hydrogen-bond acceptors (Lipinski definition) is 4. The summed E-state index contributed by atoms with van der Waals surface area (Å²) < 4.78 is 5.22. The summed E-state index contributed by atoms with van der Waals surface area (Å²) in [4.78, 5) is 23.3. The average Bonchev–Trinajstić information content (AvgIpc) is 3.18. The highest BCUT2D eigenvalue weighted by Crippen LogP contribution is 2.35. The molecule has 19 heavy (non-hydrogen) atoms. The van der Waals surface area contributed by atoms with Crippen molar-refractivity contribution in [1.29, 1.82) is 0 Å². The van der Waals surface area contributed by atoms with Gasteiger partial charge in [0.15, 0.2) is 6.61 Å². The number of aliphatic hydroxyl groups is 1. The minimum absolute atomic E-state index is 0.00777. The molecule has 1 aromatic rings. The van der Waals surface area contributed by atoms with Crippen LogP contribution >= 0.6 is 0 Å². The zero-order valence-corrected chi connectivity index (χ0v) is 10.2. The van der Waals surface area contributed by atoms with Crippen molar-refractivity contribution in [2.45, 2.75) is 18.4 Å². The van der Waals surface area contributed by atoms with Crippen molar-refractivity contribution >= 4 is 17.5 Å². The maximum Gasteiger partial charge on any atom is 0.262 e. The van der Waals surface area contributed by atoms with E-state index >= 15 is 0 Å². The SMILES string of the molecule is O=C1COc2ccc(C(=O)NC3(CO)CC3)cc2N1. The number of aliphatic hydroxyl groups excluding tert-OH is 1. The van der Waals surface area contributed by atoms with Crippen LogP contribution in [-0.4, -0.2) is 35.7 Å². The number of anilines is 1. The van der Waals surface area contributed by atoms with Crippen LogP contribution in [0.25, 0.3) is 0 Å². The first-order valence-electron chi connectivity index (χ1n) is 6.12. The number of amides is 2. The average molecular weight is 262 g/mol. The zero-order valence-electron chi connectivity index (χ0n) is 10.2. The van der Waals surface area contributed by atoms with Crippen LogP contribution in [0.15, 0.2) is 18.2 Å². The second-order valence-electron chi connectivity index (χ2n) is 4.94. The van der Waals surface area contributed by atoms with E-state index in [-0.39, 0.29) is 25.0 Å². The molecule has 0 unspecified atom stereocenters. The summed E-state index contributed by atoms with van der Waals surface area (Å²) in [7, 11) is 0. The molecular weight excluding hydrogens is 248 g/mol. The Morgan fingerprint density at radius 2 is 2.26 bits per heavy atom. The van der Waals surface area contributed by atoms with Crippen molar-refractivity contribution in [2.75, 3.05) is 18.5 Å². The molecule has 0 bridgehead atoms. The van der Waals surface area contributed by atoms with Crippen LogP contribution in [0.5, 0.6) is 5.75 Å². The molecule has 0 aromatic heterocycles. The Hall–Kier alpha value is -2.08. The van der Waals surface area contributed by atoms with E-state index < -0.39 is 5.54 Å². The Kier molecular flexibility index (Phi) is 2.67. The number of fused-ring (bicyclic) bond motifs is 1. The van der Waals surface area contributed by atoms with Gasteiger partial charge in [0.25, 0.3) is 11.8 Å². The van der Waals surface area contributed by atoms with E-state index in [4.69, 9.17) is 4.74 Å². The monoisotopic (exact) mass is 262 g/mol.